The number of hydrogen-bond donors (Lipinski definition) is 3. The van der Waals surface area contributed by atoms with Crippen LogP contribution in [-0.2, 0) is 0 Å². The number of phenols is 1. The van der Waals surface area contributed by atoms with Gasteiger partial charge in [-0.05, 0) is 43.4 Å². The molecule has 0 amide bonds. The summed E-state index contributed by atoms with van der Waals surface area (Å²) in [5, 5.41) is 9.99. The first kappa shape index (κ1) is 22.2. The fourth-order valence-electron chi connectivity index (χ4n) is 4.80. The van der Waals surface area contributed by atoms with E-state index in [2.05, 4.69) is 45.0 Å². The number of piperazine rings is 1. The Morgan fingerprint density at radius 1 is 0.778 bits per heavy atom. The highest BCUT2D eigenvalue weighted by atomic mass is 16.5. The summed E-state index contributed by atoms with van der Waals surface area (Å²) in [6, 6.07) is 15.5. The molecule has 1 aliphatic heterocycles. The molecule has 9 nitrogen and oxygen atoms in total. The predicted octanol–water partition coefficient (Wildman–Crippen LogP) is 4.25. The highest BCUT2D eigenvalue weighted by Crippen LogP contribution is 2.41. The molecule has 3 heterocycles. The number of nitrogens with one attached hydrogen (secondary N) is 2. The maximum atomic E-state index is 9.99. The Hall–Kier alpha value is -4.24. The first-order chi connectivity index (χ1) is 17.5. The number of benzene rings is 3. The van der Waals surface area contributed by atoms with E-state index in [1.807, 2.05) is 18.2 Å². The number of nitrogens with zero attached hydrogens (tertiary/aromatic N) is 4. The molecule has 2 aromatic heterocycles. The Labute approximate surface area is 208 Å². The van der Waals surface area contributed by atoms with Gasteiger partial charge in [0.2, 0.25) is 0 Å². The number of aromatic amines is 2. The molecule has 3 aromatic carbocycles. The quantitative estimate of drug-likeness (QED) is 0.343. The number of ether oxygens (including phenoxy) is 2. The smallest absolute Gasteiger partial charge is 0.146 e. The zero-order valence-electron chi connectivity index (χ0n) is 20.5. The Balaban J connectivity index is 1.35. The van der Waals surface area contributed by atoms with E-state index in [0.29, 0.717) is 22.9 Å². The molecule has 0 radical (unpaired) electrons. The van der Waals surface area contributed by atoms with Crippen molar-refractivity contribution < 1.29 is 14.6 Å². The Morgan fingerprint density at radius 2 is 1.39 bits per heavy atom. The maximum Gasteiger partial charge on any atom is 0.146 e. The van der Waals surface area contributed by atoms with Crippen LogP contribution in [-0.4, -0.2) is 77.4 Å². The second-order valence-electron chi connectivity index (χ2n) is 9.12. The van der Waals surface area contributed by atoms with Gasteiger partial charge in [0.25, 0.3) is 0 Å². The number of hydrogen-bond acceptors (Lipinski definition) is 7. The van der Waals surface area contributed by atoms with Gasteiger partial charge >= 0.3 is 0 Å². The first-order valence-electron chi connectivity index (χ1n) is 11.9. The summed E-state index contributed by atoms with van der Waals surface area (Å²) in [4.78, 5) is 21.2. The van der Waals surface area contributed by atoms with Crippen LogP contribution in [0.1, 0.15) is 0 Å². The van der Waals surface area contributed by atoms with Gasteiger partial charge in [-0.25, -0.2) is 9.97 Å². The van der Waals surface area contributed by atoms with Crippen LogP contribution in [0.5, 0.6) is 17.2 Å². The zero-order chi connectivity index (χ0) is 24.8. The SMILES string of the molecule is COc1cc(O)cc(OC)c1-c1nc2ccc(-c3nc4ccc(N5CCN(C)CC5)cc4[nH]3)cc2[nH]1. The molecular formula is C27H28N6O3. The van der Waals surface area contributed by atoms with Crippen molar-refractivity contribution in [2.24, 2.45) is 0 Å². The minimum Gasteiger partial charge on any atom is -0.508 e. The van der Waals surface area contributed by atoms with Crippen LogP contribution in [0.25, 0.3) is 44.8 Å². The lowest BCUT2D eigenvalue weighted by Crippen LogP contribution is -2.44. The van der Waals surface area contributed by atoms with Crippen molar-refractivity contribution in [2.45, 2.75) is 0 Å². The largest absolute Gasteiger partial charge is 0.508 e. The third-order valence-corrected chi connectivity index (χ3v) is 6.82. The van der Waals surface area contributed by atoms with Crippen molar-refractivity contribution in [3.63, 3.8) is 0 Å². The van der Waals surface area contributed by atoms with Gasteiger partial charge in [0.1, 0.15) is 34.5 Å². The lowest BCUT2D eigenvalue weighted by atomic mass is 10.1. The molecule has 0 saturated carbocycles. The molecule has 0 bridgehead atoms. The van der Waals surface area contributed by atoms with Gasteiger partial charge in [-0.3, -0.25) is 0 Å². The lowest BCUT2D eigenvalue weighted by Gasteiger charge is -2.34. The summed E-state index contributed by atoms with van der Waals surface area (Å²) in [5.41, 5.74) is 6.45. The number of H-pyrrole nitrogens is 2. The average Bonchev–Trinajstić information content (AvgIpc) is 3.51. The molecule has 1 saturated heterocycles. The molecule has 1 aliphatic rings. The van der Waals surface area contributed by atoms with E-state index in [4.69, 9.17) is 19.4 Å². The number of rotatable bonds is 5. The van der Waals surface area contributed by atoms with Crippen molar-refractivity contribution in [2.75, 3.05) is 52.3 Å². The highest BCUT2D eigenvalue weighted by molar-refractivity contribution is 5.88. The van der Waals surface area contributed by atoms with Crippen molar-refractivity contribution in [1.82, 2.24) is 24.8 Å². The van der Waals surface area contributed by atoms with Crippen LogP contribution in [0.2, 0.25) is 0 Å². The van der Waals surface area contributed by atoms with E-state index in [9.17, 15) is 5.11 Å². The predicted molar refractivity (Wildman–Crippen MR) is 141 cm³/mol. The highest BCUT2D eigenvalue weighted by Gasteiger charge is 2.19. The van der Waals surface area contributed by atoms with Crippen LogP contribution in [0.15, 0.2) is 48.5 Å². The molecule has 0 atom stereocenters. The summed E-state index contributed by atoms with van der Waals surface area (Å²) >= 11 is 0. The Kier molecular flexibility index (Phi) is 5.41. The maximum absolute atomic E-state index is 9.99. The van der Waals surface area contributed by atoms with Gasteiger partial charge in [-0.2, -0.15) is 0 Å². The van der Waals surface area contributed by atoms with E-state index in [0.717, 1.165) is 59.6 Å². The monoisotopic (exact) mass is 484 g/mol. The number of methoxy groups -OCH3 is 2. The molecule has 3 N–H and O–H groups in total. The van der Waals surface area contributed by atoms with Gasteiger partial charge in [0.15, 0.2) is 0 Å². The molecule has 5 aromatic rings. The Morgan fingerprint density at radius 3 is 2.08 bits per heavy atom. The molecule has 36 heavy (non-hydrogen) atoms. The normalized spacial score (nSPS) is 14.6. The number of aromatic nitrogens is 4. The fraction of sp³-hybridized carbons (Fsp3) is 0.259. The third-order valence-electron chi connectivity index (χ3n) is 6.82. The number of aromatic hydroxyl groups is 1. The van der Waals surface area contributed by atoms with Crippen LogP contribution < -0.4 is 14.4 Å². The zero-order valence-corrected chi connectivity index (χ0v) is 20.5. The molecule has 6 rings (SSSR count). The Bertz CT molecular complexity index is 1540. The topological polar surface area (TPSA) is 103 Å². The molecule has 1 fully saturated rings. The van der Waals surface area contributed by atoms with Crippen LogP contribution in [0.4, 0.5) is 5.69 Å². The van der Waals surface area contributed by atoms with Crippen LogP contribution >= 0.6 is 0 Å². The minimum atomic E-state index is 0.0616. The summed E-state index contributed by atoms with van der Waals surface area (Å²) in [6.07, 6.45) is 0. The number of phenolic OH excluding ortho intramolecular Hbond substituents is 1. The van der Waals surface area contributed by atoms with E-state index < -0.39 is 0 Å². The summed E-state index contributed by atoms with van der Waals surface area (Å²) in [5.74, 6) is 2.40. The minimum absolute atomic E-state index is 0.0616. The van der Waals surface area contributed by atoms with Crippen molar-refractivity contribution >= 4 is 27.8 Å². The summed E-state index contributed by atoms with van der Waals surface area (Å²) < 4.78 is 11.0. The van der Waals surface area contributed by atoms with Gasteiger partial charge in [0.05, 0.1) is 36.3 Å². The van der Waals surface area contributed by atoms with Gasteiger partial charge in [-0.15, -0.1) is 0 Å². The number of likely N-dealkylation sites (N-methyl/N-ethyl adjacent to an activating group) is 1. The van der Waals surface area contributed by atoms with Crippen LogP contribution in [0.3, 0.4) is 0 Å². The average molecular weight is 485 g/mol. The van der Waals surface area contributed by atoms with E-state index in [1.165, 1.54) is 5.69 Å². The van der Waals surface area contributed by atoms with Crippen molar-refractivity contribution in [3.8, 4) is 40.0 Å². The standard InChI is InChI=1S/C27H28N6O3/c1-32-8-10-33(11-9-32)17-5-7-20-22(13-17)30-26(28-20)16-4-6-19-21(12-16)31-27(29-19)25-23(35-2)14-18(34)15-24(25)36-3/h4-7,12-15,34H,8-11H2,1-3H3,(H,28,30)(H,29,31). The molecule has 0 unspecified atom stereocenters. The third kappa shape index (κ3) is 3.87. The van der Waals surface area contributed by atoms with Gasteiger partial charge < -0.3 is 34.3 Å². The number of anilines is 1. The van der Waals surface area contributed by atoms with E-state index in [1.54, 1.807) is 26.4 Å². The lowest BCUT2D eigenvalue weighted by molar-refractivity contribution is 0.313. The van der Waals surface area contributed by atoms with Crippen molar-refractivity contribution in [3.05, 3.63) is 48.5 Å². The molecule has 9 heteroatoms. The number of imidazole rings is 2. The first-order valence-corrected chi connectivity index (χ1v) is 11.9. The molecule has 184 valence electrons. The molecular weight excluding hydrogens is 456 g/mol. The second-order valence-corrected chi connectivity index (χ2v) is 9.12. The fourth-order valence-corrected chi connectivity index (χ4v) is 4.80. The molecule has 0 spiro atoms. The van der Waals surface area contributed by atoms with E-state index in [-0.39, 0.29) is 5.75 Å². The van der Waals surface area contributed by atoms with Crippen LogP contribution in [0, 0.1) is 0 Å². The van der Waals surface area contributed by atoms with Gasteiger partial charge in [-0.1, -0.05) is 0 Å². The summed E-state index contributed by atoms with van der Waals surface area (Å²) in [6.45, 7) is 4.19. The van der Waals surface area contributed by atoms with Gasteiger partial charge in [0, 0.05) is 49.6 Å². The second kappa shape index (κ2) is 8.76. The molecule has 0 aliphatic carbocycles. The summed E-state index contributed by atoms with van der Waals surface area (Å²) in [7, 11) is 5.27. The van der Waals surface area contributed by atoms with Crippen molar-refractivity contribution in [1.29, 1.82) is 0 Å². The van der Waals surface area contributed by atoms with E-state index >= 15 is 0 Å². The number of fused-ring (bicyclic) bond motifs is 2.